The van der Waals surface area contributed by atoms with E-state index < -0.39 is 38.8 Å². The smallest absolute Gasteiger partial charge is 0.373 e. The summed E-state index contributed by atoms with van der Waals surface area (Å²) in [6, 6.07) is 8.12. The van der Waals surface area contributed by atoms with Gasteiger partial charge >= 0.3 is 15.6 Å². The van der Waals surface area contributed by atoms with Crippen LogP contribution in [0.15, 0.2) is 42.5 Å². The quantitative estimate of drug-likeness (QED) is 0.120. The molecule has 0 unspecified atom stereocenters. The third-order valence-corrected chi connectivity index (χ3v) is 8.25. The third kappa shape index (κ3) is 5.95. The predicted octanol–water partition coefficient (Wildman–Crippen LogP) is 9.01. The lowest BCUT2D eigenvalue weighted by molar-refractivity contribution is -0.0500. The highest BCUT2D eigenvalue weighted by atomic mass is 32.2. The van der Waals surface area contributed by atoms with Crippen LogP contribution in [0, 0.1) is 23.4 Å². The normalized spacial score (nSPS) is 18.6. The van der Waals surface area contributed by atoms with E-state index in [1.165, 1.54) is 49.9 Å². The first-order chi connectivity index (χ1) is 17.9. The van der Waals surface area contributed by atoms with Crippen molar-refractivity contribution in [2.45, 2.75) is 69.7 Å². The van der Waals surface area contributed by atoms with Gasteiger partial charge in [0.2, 0.25) is 0 Å². The summed E-state index contributed by atoms with van der Waals surface area (Å²) in [6.45, 7) is 2.17. The van der Waals surface area contributed by atoms with Gasteiger partial charge in [-0.1, -0.05) is 50.8 Å². The van der Waals surface area contributed by atoms with Crippen LogP contribution in [0.3, 0.4) is 0 Å². The summed E-state index contributed by atoms with van der Waals surface area (Å²) in [5.74, 6) is -3.27. The molecule has 1 saturated carbocycles. The minimum absolute atomic E-state index is 0.0765. The molecule has 3 aromatic carbocycles. The molecular formula is C28H28F6O3S. The van der Waals surface area contributed by atoms with Crippen molar-refractivity contribution in [2.75, 3.05) is 0 Å². The molecule has 0 N–H and O–H groups in total. The summed E-state index contributed by atoms with van der Waals surface area (Å²) in [6.07, 6.45) is 8.61. The SMILES string of the molecule is CCCCCC1CCC(c2cc(F)c(-c3ccc4c(F)c(OS(=O)(=O)C(F)(F)F)ccc4c3)c(F)c2)CC1. The summed E-state index contributed by atoms with van der Waals surface area (Å²) in [5, 5.41) is -0.169. The predicted molar refractivity (Wildman–Crippen MR) is 134 cm³/mol. The van der Waals surface area contributed by atoms with Crippen LogP contribution in [0.1, 0.15) is 69.8 Å². The van der Waals surface area contributed by atoms with Crippen molar-refractivity contribution >= 4 is 20.9 Å². The molecule has 0 aliphatic heterocycles. The molecule has 0 bridgehead atoms. The second kappa shape index (κ2) is 11.2. The molecule has 4 rings (SSSR count). The Morgan fingerprint density at radius 2 is 1.55 bits per heavy atom. The minimum Gasteiger partial charge on any atom is -0.373 e. The Morgan fingerprint density at radius 3 is 2.16 bits per heavy atom. The molecule has 206 valence electrons. The lowest BCUT2D eigenvalue weighted by atomic mass is 9.76. The molecule has 0 atom stereocenters. The van der Waals surface area contributed by atoms with Crippen molar-refractivity contribution in [1.82, 2.24) is 0 Å². The van der Waals surface area contributed by atoms with Crippen LogP contribution in [0.4, 0.5) is 26.3 Å². The second-order valence-electron chi connectivity index (χ2n) is 9.87. The number of fused-ring (bicyclic) bond motifs is 1. The van der Waals surface area contributed by atoms with E-state index in [1.54, 1.807) is 0 Å². The number of hydrogen-bond acceptors (Lipinski definition) is 3. The third-order valence-electron chi connectivity index (χ3n) is 7.29. The van der Waals surface area contributed by atoms with E-state index in [0.29, 0.717) is 11.5 Å². The van der Waals surface area contributed by atoms with Gasteiger partial charge in [0, 0.05) is 5.39 Å². The Kier molecular flexibility index (Phi) is 8.30. The zero-order chi connectivity index (χ0) is 27.7. The fourth-order valence-electron chi connectivity index (χ4n) is 5.23. The van der Waals surface area contributed by atoms with E-state index in [1.807, 2.05) is 0 Å². The van der Waals surface area contributed by atoms with E-state index in [0.717, 1.165) is 43.9 Å². The van der Waals surface area contributed by atoms with Crippen LogP contribution in [-0.2, 0) is 10.1 Å². The Hall–Kier alpha value is -2.75. The van der Waals surface area contributed by atoms with Crippen LogP contribution in [0.25, 0.3) is 21.9 Å². The summed E-state index contributed by atoms with van der Waals surface area (Å²) in [5.41, 5.74) is -5.32. The summed E-state index contributed by atoms with van der Waals surface area (Å²) >= 11 is 0. The molecule has 10 heteroatoms. The van der Waals surface area contributed by atoms with Crippen molar-refractivity contribution in [3.05, 3.63) is 65.5 Å². The largest absolute Gasteiger partial charge is 0.534 e. The van der Waals surface area contributed by atoms with E-state index in [-0.39, 0.29) is 27.8 Å². The van der Waals surface area contributed by atoms with Gasteiger partial charge in [0.15, 0.2) is 11.6 Å². The summed E-state index contributed by atoms with van der Waals surface area (Å²) in [7, 11) is -6.07. The number of rotatable bonds is 8. The lowest BCUT2D eigenvalue weighted by Gasteiger charge is -2.29. The van der Waals surface area contributed by atoms with Crippen LogP contribution in [-0.4, -0.2) is 13.9 Å². The first kappa shape index (κ1) is 28.3. The highest BCUT2D eigenvalue weighted by Gasteiger charge is 2.49. The molecule has 0 aromatic heterocycles. The Balaban J connectivity index is 1.56. The summed E-state index contributed by atoms with van der Waals surface area (Å²) in [4.78, 5) is 0. The zero-order valence-corrected chi connectivity index (χ0v) is 21.6. The van der Waals surface area contributed by atoms with Gasteiger partial charge in [0.1, 0.15) is 11.6 Å². The number of hydrogen-bond donors (Lipinski definition) is 0. The highest BCUT2D eigenvalue weighted by molar-refractivity contribution is 7.88. The number of halogens is 6. The molecule has 3 nitrogen and oxygen atoms in total. The van der Waals surface area contributed by atoms with Gasteiger partial charge < -0.3 is 4.18 Å². The zero-order valence-electron chi connectivity index (χ0n) is 20.8. The second-order valence-corrected chi connectivity index (χ2v) is 11.4. The molecule has 38 heavy (non-hydrogen) atoms. The lowest BCUT2D eigenvalue weighted by Crippen LogP contribution is -2.28. The summed E-state index contributed by atoms with van der Waals surface area (Å²) < 4.78 is 109. The molecule has 0 spiro atoms. The molecular weight excluding hydrogens is 530 g/mol. The first-order valence-electron chi connectivity index (χ1n) is 12.6. The number of benzene rings is 3. The monoisotopic (exact) mass is 558 g/mol. The van der Waals surface area contributed by atoms with Gasteiger partial charge in [-0.15, -0.1) is 0 Å². The van der Waals surface area contributed by atoms with Crippen molar-refractivity contribution in [3.8, 4) is 16.9 Å². The van der Waals surface area contributed by atoms with E-state index in [9.17, 15) is 26.0 Å². The molecule has 1 fully saturated rings. The van der Waals surface area contributed by atoms with E-state index >= 15 is 8.78 Å². The van der Waals surface area contributed by atoms with Gasteiger partial charge in [-0.25, -0.2) is 13.2 Å². The van der Waals surface area contributed by atoms with E-state index in [4.69, 9.17) is 0 Å². The van der Waals surface area contributed by atoms with Crippen molar-refractivity contribution in [1.29, 1.82) is 0 Å². The molecule has 3 aromatic rings. The van der Waals surface area contributed by atoms with Crippen molar-refractivity contribution in [2.24, 2.45) is 5.92 Å². The molecule has 0 heterocycles. The highest BCUT2D eigenvalue weighted by Crippen LogP contribution is 2.40. The molecule has 0 radical (unpaired) electrons. The van der Waals surface area contributed by atoms with Crippen molar-refractivity contribution < 1.29 is 38.9 Å². The van der Waals surface area contributed by atoms with Crippen LogP contribution < -0.4 is 4.18 Å². The maximum atomic E-state index is 15.2. The molecule has 1 aliphatic carbocycles. The maximum Gasteiger partial charge on any atom is 0.534 e. The van der Waals surface area contributed by atoms with Gasteiger partial charge in [-0.2, -0.15) is 21.6 Å². The Labute approximate surface area is 217 Å². The topological polar surface area (TPSA) is 43.4 Å². The fraction of sp³-hybridized carbons (Fsp3) is 0.429. The number of unbranched alkanes of at least 4 members (excludes halogenated alkanes) is 2. The van der Waals surface area contributed by atoms with Gasteiger partial charge in [-0.3, -0.25) is 0 Å². The fourth-order valence-corrected chi connectivity index (χ4v) is 5.69. The standard InChI is InChI=1S/C28H28F6O3S/c1-2-3-4-5-17-6-8-18(9-7-17)21-15-23(29)26(24(30)16-21)20-10-12-22-19(14-20)11-13-25(27(22)31)37-38(35,36)28(32,33)34/h10-18H,2-9H2,1H3. The van der Waals surface area contributed by atoms with Crippen LogP contribution in [0.5, 0.6) is 5.75 Å². The average Bonchev–Trinajstić information content (AvgIpc) is 2.85. The van der Waals surface area contributed by atoms with Crippen molar-refractivity contribution in [3.63, 3.8) is 0 Å². The van der Waals surface area contributed by atoms with E-state index in [2.05, 4.69) is 11.1 Å². The molecule has 0 amide bonds. The number of alkyl halides is 3. The minimum atomic E-state index is -6.07. The van der Waals surface area contributed by atoms with Crippen LogP contribution >= 0.6 is 0 Å². The average molecular weight is 559 g/mol. The Morgan fingerprint density at radius 1 is 0.895 bits per heavy atom. The molecule has 1 aliphatic rings. The first-order valence-corrected chi connectivity index (χ1v) is 14.0. The van der Waals surface area contributed by atoms with Gasteiger partial charge in [0.25, 0.3) is 0 Å². The van der Waals surface area contributed by atoms with Gasteiger partial charge in [-0.05, 0) is 78.3 Å². The Bertz CT molecular complexity index is 1390. The maximum absolute atomic E-state index is 15.2. The molecule has 0 saturated heterocycles. The van der Waals surface area contributed by atoms with Crippen LogP contribution in [0.2, 0.25) is 0 Å². The van der Waals surface area contributed by atoms with Gasteiger partial charge in [0.05, 0.1) is 5.56 Å².